The Morgan fingerprint density at radius 3 is 2.48 bits per heavy atom. The summed E-state index contributed by atoms with van der Waals surface area (Å²) < 4.78 is 13.1. The maximum Gasteiger partial charge on any atom is 0.225 e. The Morgan fingerprint density at radius 2 is 1.80 bits per heavy atom. The fourth-order valence-corrected chi connectivity index (χ4v) is 2.50. The molecule has 4 nitrogen and oxygen atoms in total. The van der Waals surface area contributed by atoms with Crippen LogP contribution >= 0.6 is 12.4 Å². The number of anilines is 1. The molecule has 0 radical (unpaired) electrons. The zero-order valence-electron chi connectivity index (χ0n) is 14.2. The van der Waals surface area contributed by atoms with Crippen LogP contribution in [-0.2, 0) is 11.2 Å². The molecule has 0 saturated carbocycles. The van der Waals surface area contributed by atoms with Crippen LogP contribution in [0, 0.1) is 5.82 Å². The van der Waals surface area contributed by atoms with Gasteiger partial charge in [0.2, 0.25) is 5.91 Å². The number of carbonyl (C=O) groups excluding carboxylic acids is 1. The topological polar surface area (TPSA) is 58.4 Å². The molecule has 0 aliphatic carbocycles. The van der Waals surface area contributed by atoms with Crippen molar-refractivity contribution in [1.82, 2.24) is 4.90 Å². The highest BCUT2D eigenvalue weighted by Gasteiger charge is 2.09. The first-order valence-electron chi connectivity index (χ1n) is 8.19. The van der Waals surface area contributed by atoms with E-state index in [2.05, 4.69) is 22.3 Å². The molecule has 0 bridgehead atoms. The fourth-order valence-electron chi connectivity index (χ4n) is 2.50. The average molecular weight is 366 g/mol. The minimum atomic E-state index is -0.361. The lowest BCUT2D eigenvalue weighted by molar-refractivity contribution is -0.116. The number of rotatable bonds is 9. The number of halogens is 2. The number of nitrogens with two attached hydrogens (primary N) is 1. The van der Waals surface area contributed by atoms with Crippen LogP contribution in [0.25, 0.3) is 0 Å². The normalized spacial score (nSPS) is 10.4. The first-order valence-corrected chi connectivity index (χ1v) is 8.19. The molecule has 0 aliphatic rings. The van der Waals surface area contributed by atoms with Gasteiger partial charge in [-0.15, -0.1) is 12.4 Å². The molecule has 0 aromatic heterocycles. The van der Waals surface area contributed by atoms with Crippen LogP contribution < -0.4 is 11.1 Å². The number of nitrogens with zero attached hydrogens (tertiary/aromatic N) is 1. The molecule has 0 fully saturated rings. The van der Waals surface area contributed by atoms with Crippen LogP contribution in [-0.4, -0.2) is 37.0 Å². The summed E-state index contributed by atoms with van der Waals surface area (Å²) >= 11 is 0. The lowest BCUT2D eigenvalue weighted by Gasteiger charge is -2.21. The monoisotopic (exact) mass is 365 g/mol. The van der Waals surface area contributed by atoms with Gasteiger partial charge in [-0.3, -0.25) is 4.79 Å². The van der Waals surface area contributed by atoms with Crippen molar-refractivity contribution in [3.05, 3.63) is 66.0 Å². The van der Waals surface area contributed by atoms with E-state index in [-0.39, 0.29) is 24.1 Å². The van der Waals surface area contributed by atoms with E-state index < -0.39 is 0 Å². The standard InChI is InChI=1S/C19H24FN3O.ClH/c20-17-7-4-8-18(15-17)22-19(24)10-13-23(14-11-21)12-9-16-5-2-1-3-6-16;/h1-8,15H,9-14,21H2,(H,22,24);1H. The fraction of sp³-hybridized carbons (Fsp3) is 0.316. The highest BCUT2D eigenvalue weighted by atomic mass is 35.5. The Hall–Kier alpha value is -1.95. The van der Waals surface area contributed by atoms with Crippen LogP contribution in [0.4, 0.5) is 10.1 Å². The van der Waals surface area contributed by atoms with Gasteiger partial charge in [-0.2, -0.15) is 0 Å². The van der Waals surface area contributed by atoms with Crippen molar-refractivity contribution < 1.29 is 9.18 Å². The van der Waals surface area contributed by atoms with Gasteiger partial charge in [0.05, 0.1) is 0 Å². The number of hydrogen-bond donors (Lipinski definition) is 2. The Labute approximate surface area is 154 Å². The third-order valence-electron chi connectivity index (χ3n) is 3.77. The first-order chi connectivity index (χ1) is 11.7. The van der Waals surface area contributed by atoms with Crippen molar-refractivity contribution in [2.75, 3.05) is 31.5 Å². The van der Waals surface area contributed by atoms with Gasteiger partial charge in [0, 0.05) is 38.3 Å². The van der Waals surface area contributed by atoms with E-state index in [0.717, 1.165) is 19.5 Å². The van der Waals surface area contributed by atoms with Crippen LogP contribution in [0.5, 0.6) is 0 Å². The van der Waals surface area contributed by atoms with Gasteiger partial charge in [-0.1, -0.05) is 36.4 Å². The van der Waals surface area contributed by atoms with E-state index in [0.29, 0.717) is 25.2 Å². The lowest BCUT2D eigenvalue weighted by Crippen LogP contribution is -2.34. The average Bonchev–Trinajstić information content (AvgIpc) is 2.58. The molecule has 3 N–H and O–H groups in total. The van der Waals surface area contributed by atoms with E-state index in [1.165, 1.54) is 17.7 Å². The molecule has 6 heteroatoms. The Balaban J connectivity index is 0.00000312. The first kappa shape index (κ1) is 21.1. The van der Waals surface area contributed by atoms with Gasteiger partial charge < -0.3 is 16.0 Å². The maximum atomic E-state index is 13.1. The number of amides is 1. The summed E-state index contributed by atoms with van der Waals surface area (Å²) in [6.07, 6.45) is 1.28. The van der Waals surface area contributed by atoms with Crippen molar-refractivity contribution in [2.24, 2.45) is 5.73 Å². The molecule has 0 aliphatic heterocycles. The largest absolute Gasteiger partial charge is 0.329 e. The lowest BCUT2D eigenvalue weighted by atomic mass is 10.1. The highest BCUT2D eigenvalue weighted by Crippen LogP contribution is 2.09. The molecule has 136 valence electrons. The second-order valence-corrected chi connectivity index (χ2v) is 5.67. The number of nitrogens with one attached hydrogen (secondary N) is 1. The van der Waals surface area contributed by atoms with Gasteiger partial charge in [0.15, 0.2) is 0 Å². The summed E-state index contributed by atoms with van der Waals surface area (Å²) in [7, 11) is 0. The summed E-state index contributed by atoms with van der Waals surface area (Å²) in [5.41, 5.74) is 7.41. The van der Waals surface area contributed by atoms with E-state index in [1.807, 2.05) is 18.2 Å². The minimum Gasteiger partial charge on any atom is -0.329 e. The van der Waals surface area contributed by atoms with E-state index >= 15 is 0 Å². The predicted molar refractivity (Wildman–Crippen MR) is 103 cm³/mol. The maximum absolute atomic E-state index is 13.1. The van der Waals surface area contributed by atoms with E-state index in [1.54, 1.807) is 12.1 Å². The molecule has 2 rings (SSSR count). The molecule has 0 heterocycles. The molecule has 1 amide bonds. The summed E-state index contributed by atoms with van der Waals surface area (Å²) in [5.74, 6) is -0.484. The van der Waals surface area contributed by atoms with E-state index in [4.69, 9.17) is 5.73 Å². The van der Waals surface area contributed by atoms with Crippen molar-refractivity contribution in [2.45, 2.75) is 12.8 Å². The van der Waals surface area contributed by atoms with Crippen molar-refractivity contribution in [3.8, 4) is 0 Å². The molecule has 0 unspecified atom stereocenters. The van der Waals surface area contributed by atoms with Crippen molar-refractivity contribution in [1.29, 1.82) is 0 Å². The molecule has 0 spiro atoms. The molecular formula is C19H25ClFN3O. The van der Waals surface area contributed by atoms with Crippen LogP contribution in [0.15, 0.2) is 54.6 Å². The summed E-state index contributed by atoms with van der Waals surface area (Å²) in [5, 5.41) is 2.72. The van der Waals surface area contributed by atoms with Gasteiger partial charge in [-0.25, -0.2) is 4.39 Å². The molecule has 2 aromatic rings. The third kappa shape index (κ3) is 8.12. The number of carbonyl (C=O) groups is 1. The number of benzene rings is 2. The van der Waals surface area contributed by atoms with Gasteiger partial charge in [-0.05, 0) is 30.2 Å². The zero-order chi connectivity index (χ0) is 17.2. The molecule has 25 heavy (non-hydrogen) atoms. The molecular weight excluding hydrogens is 341 g/mol. The molecule has 0 saturated heterocycles. The van der Waals surface area contributed by atoms with Crippen molar-refractivity contribution >= 4 is 24.0 Å². The smallest absolute Gasteiger partial charge is 0.225 e. The zero-order valence-corrected chi connectivity index (χ0v) is 15.0. The summed E-state index contributed by atoms with van der Waals surface area (Å²) in [6, 6.07) is 16.1. The van der Waals surface area contributed by atoms with Crippen LogP contribution in [0.2, 0.25) is 0 Å². The second kappa shape index (κ2) is 11.6. The Kier molecular flexibility index (Phi) is 9.77. The minimum absolute atomic E-state index is 0. The van der Waals surface area contributed by atoms with Crippen LogP contribution in [0.3, 0.4) is 0 Å². The van der Waals surface area contributed by atoms with Crippen molar-refractivity contribution in [3.63, 3.8) is 0 Å². The molecule has 2 aromatic carbocycles. The van der Waals surface area contributed by atoms with E-state index in [9.17, 15) is 9.18 Å². The summed E-state index contributed by atoms with van der Waals surface area (Å²) in [4.78, 5) is 14.2. The second-order valence-electron chi connectivity index (χ2n) is 5.67. The van der Waals surface area contributed by atoms with Crippen LogP contribution in [0.1, 0.15) is 12.0 Å². The quantitative estimate of drug-likeness (QED) is 0.718. The van der Waals surface area contributed by atoms with Gasteiger partial charge >= 0.3 is 0 Å². The van der Waals surface area contributed by atoms with Gasteiger partial charge in [0.1, 0.15) is 5.82 Å². The van der Waals surface area contributed by atoms with Gasteiger partial charge in [0.25, 0.3) is 0 Å². The number of hydrogen-bond acceptors (Lipinski definition) is 3. The summed E-state index contributed by atoms with van der Waals surface area (Å²) in [6.45, 7) is 2.79. The SMILES string of the molecule is Cl.NCCN(CCC(=O)Nc1cccc(F)c1)CCc1ccccc1. The Morgan fingerprint density at radius 1 is 1.04 bits per heavy atom. The Bertz CT molecular complexity index is 640. The predicted octanol–water partition coefficient (Wildman–Crippen LogP) is 3.08. The third-order valence-corrected chi connectivity index (χ3v) is 3.77. The highest BCUT2D eigenvalue weighted by molar-refractivity contribution is 5.90. The molecule has 0 atom stereocenters.